The van der Waals surface area contributed by atoms with Crippen molar-refractivity contribution in [2.75, 3.05) is 0 Å². The van der Waals surface area contributed by atoms with Gasteiger partial charge in [0.2, 0.25) is 0 Å². The van der Waals surface area contributed by atoms with Gasteiger partial charge in [-0.3, -0.25) is 0 Å². The predicted molar refractivity (Wildman–Crippen MR) is 94.3 cm³/mol. The Labute approximate surface area is 169 Å². The summed E-state index contributed by atoms with van der Waals surface area (Å²) in [5.74, 6) is -0.561. The van der Waals surface area contributed by atoms with Crippen LogP contribution in [0.2, 0.25) is 0 Å². The smallest absolute Gasteiger partial charge is 0.446 e. The maximum Gasteiger partial charge on any atom is 0.446 e. The van der Waals surface area contributed by atoms with Gasteiger partial charge in [0.05, 0.1) is 11.3 Å². The fraction of sp³-hybridized carbons (Fsp3) is 0.235. The number of para-hydroxylation sites is 1. The lowest BCUT2D eigenvalue weighted by molar-refractivity contribution is -0.139. The standard InChI is InChI=1S/C17H12F6N4O2S/c1-26-15(28)27(25-24-26)12-6-4-8-14(30-17(21,22)23)10(12)9-29-13-7-3-2-5-11(13)16(18,19)20/h2-8H,9H2,1H3. The van der Waals surface area contributed by atoms with Gasteiger partial charge in [-0.1, -0.05) is 18.2 Å². The number of benzene rings is 2. The van der Waals surface area contributed by atoms with Crippen molar-refractivity contribution in [3.63, 3.8) is 0 Å². The van der Waals surface area contributed by atoms with Gasteiger partial charge in [-0.05, 0) is 46.5 Å². The van der Waals surface area contributed by atoms with Crippen LogP contribution >= 0.6 is 11.8 Å². The zero-order valence-corrected chi connectivity index (χ0v) is 15.8. The molecular weight excluding hydrogens is 438 g/mol. The average molecular weight is 450 g/mol. The first-order valence-electron chi connectivity index (χ1n) is 8.13. The monoisotopic (exact) mass is 450 g/mol. The molecule has 1 heterocycles. The van der Waals surface area contributed by atoms with Crippen molar-refractivity contribution in [3.8, 4) is 11.4 Å². The van der Waals surface area contributed by atoms with Crippen molar-refractivity contribution >= 4 is 11.8 Å². The molecule has 0 amide bonds. The lowest BCUT2D eigenvalue weighted by atomic mass is 10.1. The van der Waals surface area contributed by atoms with Gasteiger partial charge >= 0.3 is 17.4 Å². The summed E-state index contributed by atoms with van der Waals surface area (Å²) in [7, 11) is 1.29. The van der Waals surface area contributed by atoms with E-state index in [9.17, 15) is 31.1 Å². The van der Waals surface area contributed by atoms with Gasteiger partial charge in [0.15, 0.2) is 0 Å². The molecule has 160 valence electrons. The van der Waals surface area contributed by atoms with Crippen molar-refractivity contribution in [3.05, 3.63) is 64.1 Å². The number of halogens is 6. The molecule has 13 heteroatoms. The number of hydrogen-bond donors (Lipinski definition) is 0. The van der Waals surface area contributed by atoms with Crippen LogP contribution in [0, 0.1) is 0 Å². The molecule has 0 fully saturated rings. The molecule has 6 nitrogen and oxygen atoms in total. The number of aromatic nitrogens is 4. The molecular formula is C17H12F6N4O2S. The minimum absolute atomic E-state index is 0.0909. The van der Waals surface area contributed by atoms with E-state index in [0.717, 1.165) is 33.6 Å². The molecule has 0 aliphatic rings. The fourth-order valence-corrected chi connectivity index (χ4v) is 3.24. The van der Waals surface area contributed by atoms with Crippen LogP contribution in [0.5, 0.6) is 5.75 Å². The number of aryl methyl sites for hydroxylation is 1. The quantitative estimate of drug-likeness (QED) is 0.431. The zero-order valence-electron chi connectivity index (χ0n) is 15.0. The lowest BCUT2D eigenvalue weighted by Gasteiger charge is -2.17. The van der Waals surface area contributed by atoms with Crippen molar-refractivity contribution in [2.24, 2.45) is 7.05 Å². The summed E-state index contributed by atoms with van der Waals surface area (Å²) in [6.07, 6.45) is -4.72. The van der Waals surface area contributed by atoms with E-state index in [4.69, 9.17) is 4.74 Å². The van der Waals surface area contributed by atoms with Gasteiger partial charge < -0.3 is 4.74 Å². The number of hydrogen-bond acceptors (Lipinski definition) is 5. The van der Waals surface area contributed by atoms with E-state index < -0.39 is 47.1 Å². The molecule has 3 aromatic rings. The second-order valence-electron chi connectivity index (χ2n) is 5.88. The molecule has 0 radical (unpaired) electrons. The summed E-state index contributed by atoms with van der Waals surface area (Å²) >= 11 is -0.479. The highest BCUT2D eigenvalue weighted by Gasteiger charge is 2.35. The van der Waals surface area contributed by atoms with Gasteiger partial charge in [0.1, 0.15) is 12.4 Å². The Morgan fingerprint density at radius 3 is 2.30 bits per heavy atom. The van der Waals surface area contributed by atoms with E-state index in [1.807, 2.05) is 0 Å². The second-order valence-corrected chi connectivity index (χ2v) is 6.99. The summed E-state index contributed by atoms with van der Waals surface area (Å²) in [5.41, 5.74) is -6.76. The molecule has 0 aliphatic heterocycles. The van der Waals surface area contributed by atoms with Crippen LogP contribution in [-0.2, 0) is 19.8 Å². The van der Waals surface area contributed by atoms with Crippen molar-refractivity contribution in [2.45, 2.75) is 23.2 Å². The highest BCUT2D eigenvalue weighted by atomic mass is 32.2. The summed E-state index contributed by atoms with van der Waals surface area (Å²) in [6.45, 7) is -0.676. The Morgan fingerprint density at radius 2 is 1.70 bits per heavy atom. The van der Waals surface area contributed by atoms with Crippen molar-refractivity contribution in [1.82, 2.24) is 19.8 Å². The topological polar surface area (TPSA) is 61.9 Å². The van der Waals surface area contributed by atoms with E-state index in [2.05, 4.69) is 10.4 Å². The fourth-order valence-electron chi connectivity index (χ4n) is 2.56. The first-order chi connectivity index (χ1) is 14.0. The highest BCUT2D eigenvalue weighted by Crippen LogP contribution is 2.41. The van der Waals surface area contributed by atoms with Crippen LogP contribution in [0.3, 0.4) is 0 Å². The Balaban J connectivity index is 2.06. The van der Waals surface area contributed by atoms with Crippen molar-refractivity contribution < 1.29 is 31.1 Å². The lowest BCUT2D eigenvalue weighted by Crippen LogP contribution is -2.23. The van der Waals surface area contributed by atoms with E-state index in [1.165, 1.54) is 25.2 Å². The van der Waals surface area contributed by atoms with Crippen LogP contribution in [-0.4, -0.2) is 25.3 Å². The molecule has 1 aromatic heterocycles. The normalized spacial score (nSPS) is 12.2. The summed E-state index contributed by atoms with van der Waals surface area (Å²) in [6, 6.07) is 7.99. The van der Waals surface area contributed by atoms with Crippen LogP contribution < -0.4 is 10.4 Å². The second kappa shape index (κ2) is 8.05. The molecule has 0 unspecified atom stereocenters. The molecule has 0 atom stereocenters. The van der Waals surface area contributed by atoms with E-state index in [0.29, 0.717) is 0 Å². The number of thioether (sulfide) groups is 1. The van der Waals surface area contributed by atoms with E-state index >= 15 is 0 Å². The molecule has 3 rings (SSSR count). The molecule has 0 N–H and O–H groups in total. The zero-order chi connectivity index (χ0) is 22.1. The Hall–Kier alpha value is -2.96. The van der Waals surface area contributed by atoms with Gasteiger partial charge in [0, 0.05) is 17.5 Å². The van der Waals surface area contributed by atoms with Gasteiger partial charge in [0.25, 0.3) is 0 Å². The third-order valence-corrected chi connectivity index (χ3v) is 4.68. The largest absolute Gasteiger partial charge is 0.488 e. The van der Waals surface area contributed by atoms with Crippen LogP contribution in [0.1, 0.15) is 11.1 Å². The van der Waals surface area contributed by atoms with Gasteiger partial charge in [-0.25, -0.2) is 4.79 Å². The van der Waals surface area contributed by atoms with Crippen LogP contribution in [0.25, 0.3) is 5.69 Å². The summed E-state index contributed by atoms with van der Waals surface area (Å²) in [5, 5.41) is 7.09. The Bertz CT molecular complexity index is 1110. The van der Waals surface area contributed by atoms with Gasteiger partial charge in [-0.15, -0.1) is 0 Å². The van der Waals surface area contributed by atoms with E-state index in [1.54, 1.807) is 0 Å². The number of tetrazole rings is 1. The summed E-state index contributed by atoms with van der Waals surface area (Å²) < 4.78 is 85.4. The predicted octanol–water partition coefficient (Wildman–Crippen LogP) is 4.18. The van der Waals surface area contributed by atoms with Crippen molar-refractivity contribution in [1.29, 1.82) is 0 Å². The molecule has 0 spiro atoms. The van der Waals surface area contributed by atoms with E-state index in [-0.39, 0.29) is 16.1 Å². The first-order valence-corrected chi connectivity index (χ1v) is 8.95. The Kier molecular flexibility index (Phi) is 5.83. The third-order valence-electron chi connectivity index (χ3n) is 3.85. The minimum Gasteiger partial charge on any atom is -0.488 e. The van der Waals surface area contributed by atoms with Gasteiger partial charge in [-0.2, -0.15) is 35.7 Å². The minimum atomic E-state index is -4.72. The molecule has 0 bridgehead atoms. The van der Waals surface area contributed by atoms with Crippen LogP contribution in [0.4, 0.5) is 26.3 Å². The molecule has 2 aromatic carbocycles. The third kappa shape index (κ3) is 4.78. The number of rotatable bonds is 5. The van der Waals surface area contributed by atoms with Crippen LogP contribution in [0.15, 0.2) is 52.2 Å². The Morgan fingerprint density at radius 1 is 1.00 bits per heavy atom. The molecule has 0 aliphatic carbocycles. The molecule has 0 saturated heterocycles. The molecule has 0 saturated carbocycles. The number of ether oxygens (including phenoxy) is 1. The average Bonchev–Trinajstić information content (AvgIpc) is 2.97. The summed E-state index contributed by atoms with van der Waals surface area (Å²) in [4.78, 5) is 11.8. The number of alkyl halides is 6. The first kappa shape index (κ1) is 21.7. The highest BCUT2D eigenvalue weighted by molar-refractivity contribution is 8.00. The molecule has 30 heavy (non-hydrogen) atoms. The number of nitrogens with zero attached hydrogens (tertiary/aromatic N) is 4. The maximum absolute atomic E-state index is 13.2. The maximum atomic E-state index is 13.2. The SMILES string of the molecule is Cn1nnn(-c2cccc(SC(F)(F)F)c2COc2ccccc2C(F)(F)F)c1=O.